The van der Waals surface area contributed by atoms with Gasteiger partial charge in [0, 0.05) is 34.6 Å². The highest BCUT2D eigenvalue weighted by Crippen LogP contribution is 2.26. The molecule has 0 saturated heterocycles. The predicted molar refractivity (Wildman–Crippen MR) is 132 cm³/mol. The van der Waals surface area contributed by atoms with Crippen LogP contribution in [0.5, 0.6) is 0 Å². The molecule has 2 heterocycles. The topological polar surface area (TPSA) is 114 Å². The van der Waals surface area contributed by atoms with Crippen LogP contribution in [0.3, 0.4) is 0 Å². The lowest BCUT2D eigenvalue weighted by atomic mass is 10.2. The van der Waals surface area contributed by atoms with Crippen LogP contribution in [0.1, 0.15) is 18.4 Å². The molecule has 0 spiro atoms. The largest absolute Gasteiger partial charge is 0.340 e. The Bertz CT molecular complexity index is 1520. The first-order valence-electron chi connectivity index (χ1n) is 10.8. The van der Waals surface area contributed by atoms with Gasteiger partial charge >= 0.3 is 0 Å². The first-order valence-corrected chi connectivity index (χ1v) is 12.3. The van der Waals surface area contributed by atoms with Crippen molar-refractivity contribution in [3.8, 4) is 12.3 Å². The minimum atomic E-state index is -3.55. The van der Waals surface area contributed by atoms with E-state index in [2.05, 4.69) is 36.3 Å². The molecule has 9 nitrogen and oxygen atoms in total. The van der Waals surface area contributed by atoms with Gasteiger partial charge in [0.15, 0.2) is 0 Å². The molecule has 1 aliphatic rings. The zero-order valence-corrected chi connectivity index (χ0v) is 19.3. The van der Waals surface area contributed by atoms with Gasteiger partial charge in [-0.15, -0.1) is 6.42 Å². The molecular formula is C24H23N7O2S. The van der Waals surface area contributed by atoms with Gasteiger partial charge in [-0.3, -0.25) is 4.68 Å². The van der Waals surface area contributed by atoms with E-state index in [0.717, 1.165) is 35.0 Å². The van der Waals surface area contributed by atoms with E-state index < -0.39 is 10.0 Å². The number of fused-ring (bicyclic) bond motifs is 1. The Morgan fingerprint density at radius 2 is 1.94 bits per heavy atom. The Kier molecular flexibility index (Phi) is 5.65. The average Bonchev–Trinajstić information content (AvgIpc) is 3.54. The van der Waals surface area contributed by atoms with Crippen LogP contribution in [0.2, 0.25) is 0 Å². The van der Waals surface area contributed by atoms with Crippen molar-refractivity contribution in [2.24, 2.45) is 0 Å². The van der Waals surface area contributed by atoms with Crippen LogP contribution in [0.4, 0.5) is 23.1 Å². The highest BCUT2D eigenvalue weighted by Gasteiger charge is 2.28. The Hall–Kier alpha value is -3.94. The number of hydrogen-bond donors (Lipinski definition) is 3. The number of anilines is 4. The first-order chi connectivity index (χ1) is 16.4. The Balaban J connectivity index is 1.36. The molecule has 5 rings (SSSR count). The third-order valence-corrected chi connectivity index (χ3v) is 6.94. The lowest BCUT2D eigenvalue weighted by molar-refractivity contribution is 0.581. The van der Waals surface area contributed by atoms with Crippen molar-refractivity contribution in [3.63, 3.8) is 0 Å². The zero-order valence-electron chi connectivity index (χ0n) is 18.5. The molecule has 0 amide bonds. The Morgan fingerprint density at radius 1 is 1.12 bits per heavy atom. The molecule has 0 unspecified atom stereocenters. The van der Waals surface area contributed by atoms with E-state index in [0.29, 0.717) is 24.0 Å². The summed E-state index contributed by atoms with van der Waals surface area (Å²) in [4.78, 5) is 9.12. The van der Waals surface area contributed by atoms with Gasteiger partial charge in [-0.1, -0.05) is 12.0 Å². The molecule has 0 atom stereocenters. The Labute approximate surface area is 197 Å². The maximum absolute atomic E-state index is 12.5. The normalized spacial score (nSPS) is 13.5. The van der Waals surface area contributed by atoms with Crippen molar-refractivity contribution in [2.75, 3.05) is 10.6 Å². The summed E-state index contributed by atoms with van der Waals surface area (Å²) in [6.07, 6.45) is 10.6. The summed E-state index contributed by atoms with van der Waals surface area (Å²) in [6.45, 7) is 2.32. The summed E-state index contributed by atoms with van der Waals surface area (Å²) >= 11 is 0. The molecule has 4 aromatic rings. The van der Waals surface area contributed by atoms with Gasteiger partial charge in [0.2, 0.25) is 16.0 Å². The van der Waals surface area contributed by atoms with Gasteiger partial charge in [-0.2, -0.15) is 10.1 Å². The molecule has 10 heteroatoms. The van der Waals surface area contributed by atoms with Gasteiger partial charge in [0.05, 0.1) is 16.6 Å². The second-order valence-electron chi connectivity index (χ2n) is 8.18. The minimum Gasteiger partial charge on any atom is -0.340 e. The number of aryl methyl sites for hydroxylation is 1. The summed E-state index contributed by atoms with van der Waals surface area (Å²) in [6, 6.07) is 12.5. The fourth-order valence-electron chi connectivity index (χ4n) is 3.50. The van der Waals surface area contributed by atoms with Crippen molar-refractivity contribution in [2.45, 2.75) is 37.2 Å². The number of benzene rings is 2. The van der Waals surface area contributed by atoms with Crippen LogP contribution in [0.15, 0.2) is 59.8 Å². The van der Waals surface area contributed by atoms with Crippen LogP contribution in [-0.4, -0.2) is 34.2 Å². The first kappa shape index (κ1) is 21.9. The summed E-state index contributed by atoms with van der Waals surface area (Å²) in [5.41, 5.74) is 3.24. The van der Waals surface area contributed by atoms with Crippen LogP contribution in [0, 0.1) is 19.3 Å². The standard InChI is InChI=1S/C24H23N7O2S/c1-3-11-31-22-10-9-20(12-17(22)15-26-31)27-23-16(2)14-25-24(29-23)28-19-5-4-6-21(13-19)34(32,33)30-18-7-8-18/h1,4-6,9-10,12-15,18,30H,7-8,11H2,2H3,(H2,25,27,28,29). The van der Waals surface area contributed by atoms with Gasteiger partial charge in [-0.25, -0.2) is 18.1 Å². The SMILES string of the molecule is C#CCn1ncc2cc(Nc3nc(Nc4cccc(S(=O)(=O)NC5CC5)c4)ncc3C)ccc21. The molecule has 2 aromatic heterocycles. The highest BCUT2D eigenvalue weighted by molar-refractivity contribution is 7.89. The van der Waals surface area contributed by atoms with Crippen LogP contribution < -0.4 is 15.4 Å². The quantitative estimate of drug-likeness (QED) is 0.334. The van der Waals surface area contributed by atoms with Crippen LogP contribution in [0.25, 0.3) is 10.9 Å². The number of aromatic nitrogens is 4. The molecule has 172 valence electrons. The second kappa shape index (κ2) is 8.78. The third kappa shape index (κ3) is 4.71. The molecule has 0 aliphatic heterocycles. The monoisotopic (exact) mass is 473 g/mol. The van der Waals surface area contributed by atoms with Crippen molar-refractivity contribution in [1.82, 2.24) is 24.5 Å². The maximum atomic E-state index is 12.5. The van der Waals surface area contributed by atoms with Gasteiger partial charge < -0.3 is 10.6 Å². The second-order valence-corrected chi connectivity index (χ2v) is 9.89. The number of hydrogen-bond acceptors (Lipinski definition) is 7. The van der Waals surface area contributed by atoms with Crippen molar-refractivity contribution in [1.29, 1.82) is 0 Å². The van der Waals surface area contributed by atoms with Crippen molar-refractivity contribution in [3.05, 3.63) is 60.4 Å². The smallest absolute Gasteiger partial charge is 0.240 e. The summed E-state index contributed by atoms with van der Waals surface area (Å²) in [5, 5.41) is 11.7. The summed E-state index contributed by atoms with van der Waals surface area (Å²) in [7, 11) is -3.55. The molecule has 34 heavy (non-hydrogen) atoms. The molecule has 1 saturated carbocycles. The van der Waals surface area contributed by atoms with E-state index in [9.17, 15) is 8.42 Å². The number of terminal acetylenes is 1. The average molecular weight is 474 g/mol. The van der Waals surface area contributed by atoms with E-state index in [1.807, 2.05) is 25.1 Å². The van der Waals surface area contributed by atoms with Crippen LogP contribution >= 0.6 is 0 Å². The maximum Gasteiger partial charge on any atom is 0.240 e. The van der Waals surface area contributed by atoms with E-state index in [-0.39, 0.29) is 10.9 Å². The van der Waals surface area contributed by atoms with E-state index in [1.54, 1.807) is 41.3 Å². The molecule has 1 fully saturated rings. The molecular weight excluding hydrogens is 450 g/mol. The molecule has 2 aromatic carbocycles. The molecule has 0 radical (unpaired) electrons. The molecule has 3 N–H and O–H groups in total. The zero-order chi connectivity index (χ0) is 23.7. The van der Waals surface area contributed by atoms with Gasteiger partial charge in [-0.05, 0) is 56.2 Å². The van der Waals surface area contributed by atoms with Gasteiger partial charge in [0.25, 0.3) is 0 Å². The Morgan fingerprint density at radius 3 is 2.74 bits per heavy atom. The molecule has 1 aliphatic carbocycles. The van der Waals surface area contributed by atoms with E-state index in [1.165, 1.54) is 0 Å². The lowest BCUT2D eigenvalue weighted by Crippen LogP contribution is -2.25. The van der Waals surface area contributed by atoms with Gasteiger partial charge in [0.1, 0.15) is 12.4 Å². The number of nitrogens with one attached hydrogen (secondary N) is 3. The predicted octanol–water partition coefficient (Wildman–Crippen LogP) is 3.70. The number of nitrogens with zero attached hydrogens (tertiary/aromatic N) is 4. The van der Waals surface area contributed by atoms with Crippen LogP contribution in [-0.2, 0) is 16.6 Å². The lowest BCUT2D eigenvalue weighted by Gasteiger charge is -2.12. The van der Waals surface area contributed by atoms with E-state index in [4.69, 9.17) is 6.42 Å². The minimum absolute atomic E-state index is 0.0431. The molecule has 0 bridgehead atoms. The van der Waals surface area contributed by atoms with E-state index >= 15 is 0 Å². The number of sulfonamides is 1. The highest BCUT2D eigenvalue weighted by atomic mass is 32.2. The fourth-order valence-corrected chi connectivity index (χ4v) is 4.85. The number of rotatable bonds is 8. The van der Waals surface area contributed by atoms with Crippen molar-refractivity contribution >= 4 is 44.1 Å². The summed E-state index contributed by atoms with van der Waals surface area (Å²) < 4.78 is 29.5. The fraction of sp³-hybridized carbons (Fsp3) is 0.208. The summed E-state index contributed by atoms with van der Waals surface area (Å²) in [5.74, 6) is 3.58. The van der Waals surface area contributed by atoms with Crippen molar-refractivity contribution < 1.29 is 8.42 Å². The third-order valence-electron chi connectivity index (χ3n) is 5.42.